The summed E-state index contributed by atoms with van der Waals surface area (Å²) in [5.41, 5.74) is 13.8. The van der Waals surface area contributed by atoms with Gasteiger partial charge >= 0.3 is 0 Å². The first-order valence-electron chi connectivity index (χ1n) is 17.4. The average Bonchev–Trinajstić information content (AvgIpc) is 3.57. The number of rotatable bonds is 4. The van der Waals surface area contributed by atoms with Crippen LogP contribution in [0, 0.1) is 0 Å². The molecule has 0 unspecified atom stereocenters. The zero-order valence-corrected chi connectivity index (χ0v) is 28.8. The quantitative estimate of drug-likeness (QED) is 0.187. The molecule has 8 aromatic rings. The van der Waals surface area contributed by atoms with Crippen LogP contribution >= 0.6 is 0 Å². The maximum atomic E-state index is 2.48. The molecule has 0 fully saturated rings. The van der Waals surface area contributed by atoms with Crippen molar-refractivity contribution >= 4 is 49.6 Å². The van der Waals surface area contributed by atoms with Crippen LogP contribution in [0.2, 0.25) is 0 Å². The summed E-state index contributed by atoms with van der Waals surface area (Å²) in [6.45, 7) is 11.6. The van der Waals surface area contributed by atoms with Crippen LogP contribution in [0.15, 0.2) is 152 Å². The van der Waals surface area contributed by atoms with Gasteiger partial charge in [-0.2, -0.15) is 0 Å². The van der Waals surface area contributed by atoms with Crippen molar-refractivity contribution in [2.75, 3.05) is 4.90 Å². The summed E-state index contributed by atoms with van der Waals surface area (Å²) in [6, 6.07) is 56.1. The van der Waals surface area contributed by atoms with E-state index in [0.29, 0.717) is 0 Å². The largest absolute Gasteiger partial charge is 0.310 e. The summed E-state index contributed by atoms with van der Waals surface area (Å²) in [5.74, 6) is 0. The first-order valence-corrected chi connectivity index (χ1v) is 17.4. The molecule has 1 aliphatic rings. The van der Waals surface area contributed by atoms with Crippen LogP contribution in [-0.2, 0) is 10.8 Å². The third-order valence-electron chi connectivity index (χ3n) is 10.7. The Morgan fingerprint density at radius 3 is 1.88 bits per heavy atom. The Bertz CT molecular complexity index is 2540. The van der Waals surface area contributed by atoms with Crippen molar-refractivity contribution in [1.82, 2.24) is 4.57 Å². The van der Waals surface area contributed by atoms with Crippen molar-refractivity contribution in [2.24, 2.45) is 0 Å². The lowest BCUT2D eigenvalue weighted by Gasteiger charge is -2.29. The molecule has 0 radical (unpaired) electrons. The number of benzene rings is 7. The van der Waals surface area contributed by atoms with E-state index >= 15 is 0 Å². The number of nitrogens with zero attached hydrogens (tertiary/aromatic N) is 2. The summed E-state index contributed by atoms with van der Waals surface area (Å²) < 4.78 is 2.48. The first-order chi connectivity index (χ1) is 23.7. The number of para-hydroxylation sites is 2. The molecule has 0 amide bonds. The highest BCUT2D eigenvalue weighted by Crippen LogP contribution is 2.51. The van der Waals surface area contributed by atoms with Gasteiger partial charge in [0, 0.05) is 44.3 Å². The first kappa shape index (κ1) is 29.5. The summed E-state index contributed by atoms with van der Waals surface area (Å²) in [4.78, 5) is 2.39. The number of hydrogen-bond donors (Lipinski definition) is 0. The molecule has 0 spiro atoms. The van der Waals surface area contributed by atoms with E-state index < -0.39 is 0 Å². The topological polar surface area (TPSA) is 8.17 Å². The van der Waals surface area contributed by atoms with Gasteiger partial charge in [-0.05, 0) is 93.2 Å². The normalized spacial score (nSPS) is 13.6. The van der Waals surface area contributed by atoms with Gasteiger partial charge in [0.25, 0.3) is 0 Å². The predicted molar refractivity (Wildman–Crippen MR) is 209 cm³/mol. The van der Waals surface area contributed by atoms with Crippen LogP contribution in [0.4, 0.5) is 17.1 Å². The Morgan fingerprint density at radius 2 is 1.12 bits per heavy atom. The van der Waals surface area contributed by atoms with Crippen molar-refractivity contribution in [3.05, 3.63) is 168 Å². The fourth-order valence-corrected chi connectivity index (χ4v) is 8.12. The Balaban J connectivity index is 1.19. The highest BCUT2D eigenvalue weighted by Gasteiger charge is 2.36. The second-order valence-corrected chi connectivity index (χ2v) is 15.1. The molecule has 0 saturated heterocycles. The summed E-state index contributed by atoms with van der Waals surface area (Å²) in [7, 11) is 0. The van der Waals surface area contributed by atoms with E-state index in [4.69, 9.17) is 0 Å². The minimum atomic E-state index is -0.185. The van der Waals surface area contributed by atoms with Gasteiger partial charge in [0.2, 0.25) is 0 Å². The van der Waals surface area contributed by atoms with E-state index in [1.807, 2.05) is 0 Å². The molecule has 238 valence electrons. The molecule has 1 aliphatic carbocycles. The van der Waals surface area contributed by atoms with Gasteiger partial charge in [0.15, 0.2) is 0 Å². The number of anilines is 3. The maximum Gasteiger partial charge on any atom is 0.0619 e. The number of hydrogen-bond acceptors (Lipinski definition) is 1. The minimum Gasteiger partial charge on any atom is -0.310 e. The van der Waals surface area contributed by atoms with E-state index in [9.17, 15) is 0 Å². The molecule has 0 atom stereocenters. The van der Waals surface area contributed by atoms with Crippen LogP contribution in [-0.4, -0.2) is 4.57 Å². The van der Waals surface area contributed by atoms with Gasteiger partial charge in [0.05, 0.1) is 11.0 Å². The monoisotopic (exact) mass is 632 g/mol. The molecular weight excluding hydrogens is 593 g/mol. The van der Waals surface area contributed by atoms with E-state index in [2.05, 4.69) is 196 Å². The van der Waals surface area contributed by atoms with Gasteiger partial charge in [0.1, 0.15) is 0 Å². The predicted octanol–water partition coefficient (Wildman–Crippen LogP) is 13.0. The molecule has 0 saturated carbocycles. The molecule has 1 heterocycles. The molecule has 49 heavy (non-hydrogen) atoms. The van der Waals surface area contributed by atoms with Gasteiger partial charge in [-0.3, -0.25) is 0 Å². The molecular formula is C47H40N2. The van der Waals surface area contributed by atoms with E-state index in [0.717, 1.165) is 11.4 Å². The highest BCUT2D eigenvalue weighted by atomic mass is 15.1. The third kappa shape index (κ3) is 4.54. The van der Waals surface area contributed by atoms with Gasteiger partial charge in [-0.25, -0.2) is 0 Å². The van der Waals surface area contributed by atoms with Crippen LogP contribution in [0.1, 0.15) is 51.3 Å². The standard InChI is InChI=1S/C47H40N2/c1-46(2,3)32-20-22-34(23-21-32)48(33-14-7-6-8-15-33)35-24-27-38-39-28-25-36(30-43(39)47(4,5)42(38)29-35)49-44-18-12-11-17-40(44)41-26-19-31-13-9-10-16-37(31)45(41)49/h6-30H,1-5H3. The smallest absolute Gasteiger partial charge is 0.0619 e. The van der Waals surface area contributed by atoms with Gasteiger partial charge in [-0.15, -0.1) is 0 Å². The molecule has 1 aromatic heterocycles. The van der Waals surface area contributed by atoms with Crippen LogP contribution < -0.4 is 4.90 Å². The summed E-state index contributed by atoms with van der Waals surface area (Å²) >= 11 is 0. The van der Waals surface area contributed by atoms with E-state index in [1.165, 1.54) is 71.8 Å². The highest BCUT2D eigenvalue weighted by molar-refractivity contribution is 6.18. The molecule has 9 rings (SSSR count). The molecule has 0 aliphatic heterocycles. The minimum absolute atomic E-state index is 0.102. The lowest BCUT2D eigenvalue weighted by molar-refractivity contribution is 0.590. The molecule has 7 aromatic carbocycles. The van der Waals surface area contributed by atoms with Crippen LogP contribution in [0.5, 0.6) is 0 Å². The zero-order valence-electron chi connectivity index (χ0n) is 28.8. The van der Waals surface area contributed by atoms with E-state index in [-0.39, 0.29) is 10.8 Å². The number of fused-ring (bicyclic) bond motifs is 8. The Morgan fingerprint density at radius 1 is 0.510 bits per heavy atom. The van der Waals surface area contributed by atoms with Crippen molar-refractivity contribution < 1.29 is 0 Å². The fraction of sp³-hybridized carbons (Fsp3) is 0.149. The van der Waals surface area contributed by atoms with E-state index in [1.54, 1.807) is 0 Å². The van der Waals surface area contributed by atoms with Crippen molar-refractivity contribution in [3.63, 3.8) is 0 Å². The van der Waals surface area contributed by atoms with Crippen molar-refractivity contribution in [1.29, 1.82) is 0 Å². The summed E-state index contributed by atoms with van der Waals surface area (Å²) in [5, 5.41) is 5.11. The lowest BCUT2D eigenvalue weighted by atomic mass is 9.82. The molecule has 0 N–H and O–H groups in total. The summed E-state index contributed by atoms with van der Waals surface area (Å²) in [6.07, 6.45) is 0. The SMILES string of the molecule is CC(C)(C)c1ccc(N(c2ccccc2)c2ccc3c(c2)C(C)(C)c2cc(-n4c5ccccc5c5ccc6ccccc6c54)ccc2-3)cc1. The number of aromatic nitrogens is 1. The second-order valence-electron chi connectivity index (χ2n) is 15.1. The average molecular weight is 633 g/mol. The molecule has 0 bridgehead atoms. The Kier molecular flexibility index (Phi) is 6.45. The van der Waals surface area contributed by atoms with Crippen molar-refractivity contribution in [3.8, 4) is 16.8 Å². The van der Waals surface area contributed by atoms with Crippen LogP contribution in [0.3, 0.4) is 0 Å². The molecule has 2 nitrogen and oxygen atoms in total. The van der Waals surface area contributed by atoms with Gasteiger partial charge < -0.3 is 9.47 Å². The Labute approximate surface area is 288 Å². The zero-order chi connectivity index (χ0) is 33.5. The molecule has 2 heteroatoms. The van der Waals surface area contributed by atoms with Crippen LogP contribution in [0.25, 0.3) is 49.4 Å². The van der Waals surface area contributed by atoms with Gasteiger partial charge in [-0.1, -0.05) is 132 Å². The fourth-order valence-electron chi connectivity index (χ4n) is 8.12. The Hall–Kier alpha value is -5.60. The van der Waals surface area contributed by atoms with Crippen molar-refractivity contribution in [2.45, 2.75) is 45.4 Å². The third-order valence-corrected chi connectivity index (χ3v) is 10.7. The lowest BCUT2D eigenvalue weighted by Crippen LogP contribution is -2.17. The maximum absolute atomic E-state index is 2.48. The second kappa shape index (κ2) is 10.7.